The van der Waals surface area contributed by atoms with Gasteiger partial charge >= 0.3 is 7.80 Å². The Hall–Kier alpha value is -3.74. The van der Waals surface area contributed by atoms with Gasteiger partial charge in [0.05, 0.1) is 0 Å². The van der Waals surface area contributed by atoms with Gasteiger partial charge in [-0.25, -0.2) is 0 Å². The summed E-state index contributed by atoms with van der Waals surface area (Å²) in [6.07, 6.45) is 0. The zero-order valence-corrected chi connectivity index (χ0v) is 19.1. The lowest BCUT2D eigenvalue weighted by Gasteiger charge is -2.16. The first kappa shape index (κ1) is 21.1. The second-order valence-corrected chi connectivity index (χ2v) is 9.61. The van der Waals surface area contributed by atoms with Crippen LogP contribution in [0.15, 0.2) is 140 Å². The molecule has 0 heterocycles. The van der Waals surface area contributed by atoms with E-state index in [1.54, 1.807) is 0 Å². The van der Waals surface area contributed by atoms with E-state index in [0.29, 0.717) is 0 Å². The van der Waals surface area contributed by atoms with E-state index in [9.17, 15) is 4.57 Å². The highest BCUT2D eigenvalue weighted by atomic mass is 31.1. The average molecular weight is 441 g/mol. The first-order chi connectivity index (χ1) is 16.3. The van der Waals surface area contributed by atoms with Gasteiger partial charge in [-0.1, -0.05) is 136 Å². The van der Waals surface area contributed by atoms with Crippen LogP contribution in [0.1, 0.15) is 0 Å². The molecule has 0 aliphatic carbocycles. The van der Waals surface area contributed by atoms with Crippen molar-refractivity contribution in [3.63, 3.8) is 0 Å². The van der Waals surface area contributed by atoms with E-state index in [0.717, 1.165) is 21.7 Å². The van der Waals surface area contributed by atoms with E-state index in [1.807, 2.05) is 48.5 Å². The first-order valence-corrected chi connectivity index (χ1v) is 12.4. The maximum absolute atomic E-state index is 13.3. The van der Waals surface area contributed by atoms with Gasteiger partial charge in [-0.05, 0) is 29.8 Å². The van der Waals surface area contributed by atoms with E-state index in [-0.39, 0.29) is 6.71 Å². The highest BCUT2D eigenvalue weighted by Crippen LogP contribution is 2.27. The van der Waals surface area contributed by atoms with Crippen molar-refractivity contribution in [2.24, 2.45) is 0 Å². The highest BCUT2D eigenvalue weighted by molar-refractivity contribution is 7.61. The maximum atomic E-state index is 13.3. The Balaban J connectivity index is 1.53. The summed E-state index contributed by atoms with van der Waals surface area (Å²) < 4.78 is 13.3. The van der Waals surface area contributed by atoms with Crippen LogP contribution in [-0.2, 0) is 4.57 Å². The molecule has 1 unspecified atom stereocenters. The van der Waals surface area contributed by atoms with Crippen molar-refractivity contribution in [3.05, 3.63) is 140 Å². The fourth-order valence-electron chi connectivity index (χ4n) is 4.32. The van der Waals surface area contributed by atoms with Crippen LogP contribution in [0.25, 0.3) is 11.1 Å². The van der Waals surface area contributed by atoms with E-state index in [1.165, 1.54) is 16.4 Å². The molecule has 5 aromatic carbocycles. The van der Waals surface area contributed by atoms with Gasteiger partial charge in [-0.2, -0.15) is 0 Å². The van der Waals surface area contributed by atoms with Crippen LogP contribution in [0.4, 0.5) is 0 Å². The van der Waals surface area contributed by atoms with Crippen molar-refractivity contribution >= 4 is 41.5 Å². The van der Waals surface area contributed by atoms with Gasteiger partial charge in [-0.15, -0.1) is 0 Å². The van der Waals surface area contributed by atoms with E-state index < -0.39 is 7.80 Å². The molecule has 0 fully saturated rings. The number of hydrogen-bond donors (Lipinski definition) is 0. The zero-order valence-electron chi connectivity index (χ0n) is 18.2. The lowest BCUT2D eigenvalue weighted by atomic mass is 9.37. The maximum Gasteiger partial charge on any atom is 0.415 e. The van der Waals surface area contributed by atoms with Gasteiger partial charge in [0.1, 0.15) is 0 Å². The smallest absolute Gasteiger partial charge is 0.0687 e. The Morgan fingerprint density at radius 3 is 1.48 bits per heavy atom. The Kier molecular flexibility index (Phi) is 6.29. The summed E-state index contributed by atoms with van der Waals surface area (Å²) in [4.78, 5) is 0. The molecule has 1 atom stereocenters. The third kappa shape index (κ3) is 4.58. The van der Waals surface area contributed by atoms with Gasteiger partial charge in [0, 0.05) is 5.56 Å². The summed E-state index contributed by atoms with van der Waals surface area (Å²) in [6, 6.07) is 47.6. The van der Waals surface area contributed by atoms with Gasteiger partial charge in [0.2, 0.25) is 12.0 Å². The summed E-state index contributed by atoms with van der Waals surface area (Å²) >= 11 is 0. The fourth-order valence-corrected chi connectivity index (χ4v) is 5.69. The lowest BCUT2D eigenvalue weighted by Crippen LogP contribution is -2.51. The van der Waals surface area contributed by atoms with Gasteiger partial charge in [0.15, 0.2) is 5.30 Å². The molecule has 0 bridgehead atoms. The summed E-state index contributed by atoms with van der Waals surface area (Å²) in [7, 11) is -1.66. The van der Waals surface area contributed by atoms with Crippen molar-refractivity contribution in [3.8, 4) is 11.1 Å². The second kappa shape index (κ2) is 9.82. The minimum absolute atomic E-state index is 0.164. The van der Waals surface area contributed by atoms with Crippen LogP contribution in [0, 0.1) is 0 Å². The molecule has 0 spiro atoms. The van der Waals surface area contributed by atoms with Crippen LogP contribution in [0.3, 0.4) is 0 Å². The molecule has 0 N–H and O–H groups in total. The third-order valence-electron chi connectivity index (χ3n) is 5.93. The topological polar surface area (TPSA) is 17.1 Å². The van der Waals surface area contributed by atoms with E-state index in [2.05, 4.69) is 91.0 Å². The zero-order chi connectivity index (χ0) is 22.5. The molecule has 0 aliphatic rings. The Morgan fingerprint density at radius 2 is 0.909 bits per heavy atom. The molecule has 0 saturated heterocycles. The fraction of sp³-hybridized carbons (Fsp3) is 0. The van der Waals surface area contributed by atoms with Gasteiger partial charge in [0.25, 0.3) is 0 Å². The molecule has 0 amide bonds. The van der Waals surface area contributed by atoms with Crippen molar-refractivity contribution in [1.29, 1.82) is 0 Å². The molecule has 5 aromatic rings. The molecule has 3 heteroatoms. The SMILES string of the molecule is O=[P+](c1ccccc1)c1ccccc1-c1ccc(B(c2ccccc2)c2ccccc2)cc1. The van der Waals surface area contributed by atoms with Crippen molar-refractivity contribution in [2.75, 3.05) is 0 Å². The summed E-state index contributed by atoms with van der Waals surface area (Å²) in [5, 5.41) is 1.72. The second-order valence-electron chi connectivity index (χ2n) is 8.02. The Labute approximate surface area is 196 Å². The van der Waals surface area contributed by atoms with Crippen LogP contribution >= 0.6 is 7.80 Å². The summed E-state index contributed by atoms with van der Waals surface area (Å²) in [5.41, 5.74) is 5.87. The molecule has 5 rings (SSSR count). The molecule has 156 valence electrons. The largest absolute Gasteiger partial charge is 0.415 e. The molecule has 33 heavy (non-hydrogen) atoms. The predicted octanol–water partition coefficient (Wildman–Crippen LogP) is 4.65. The van der Waals surface area contributed by atoms with E-state index in [4.69, 9.17) is 0 Å². The normalized spacial score (nSPS) is 11.1. The molecule has 1 nitrogen and oxygen atoms in total. The quantitative estimate of drug-likeness (QED) is 0.277. The van der Waals surface area contributed by atoms with Crippen LogP contribution in [0.5, 0.6) is 0 Å². The average Bonchev–Trinajstić information content (AvgIpc) is 2.91. The minimum atomic E-state index is -1.66. The number of benzene rings is 5. The van der Waals surface area contributed by atoms with Gasteiger partial charge in [-0.3, -0.25) is 0 Å². The van der Waals surface area contributed by atoms with Crippen LogP contribution in [-0.4, -0.2) is 6.71 Å². The lowest BCUT2D eigenvalue weighted by molar-refractivity contribution is 0.598. The predicted molar refractivity (Wildman–Crippen MR) is 143 cm³/mol. The highest BCUT2D eigenvalue weighted by Gasteiger charge is 2.27. The first-order valence-electron chi connectivity index (χ1n) is 11.1. The Morgan fingerprint density at radius 1 is 0.455 bits per heavy atom. The molecule has 0 aromatic heterocycles. The molecule has 0 saturated carbocycles. The number of hydrogen-bond acceptors (Lipinski definition) is 1. The molecular weight excluding hydrogens is 418 g/mol. The summed E-state index contributed by atoms with van der Waals surface area (Å²) in [6.45, 7) is 0.164. The van der Waals surface area contributed by atoms with Crippen LogP contribution < -0.4 is 27.0 Å². The Bertz CT molecular complexity index is 1310. The molecule has 0 radical (unpaired) electrons. The monoisotopic (exact) mass is 441 g/mol. The van der Waals surface area contributed by atoms with Crippen molar-refractivity contribution in [1.82, 2.24) is 0 Å². The van der Waals surface area contributed by atoms with Crippen molar-refractivity contribution in [2.45, 2.75) is 0 Å². The molecule has 0 aliphatic heterocycles. The van der Waals surface area contributed by atoms with Crippen molar-refractivity contribution < 1.29 is 4.57 Å². The van der Waals surface area contributed by atoms with Gasteiger partial charge < -0.3 is 0 Å². The molecular formula is C30H23BOP+. The van der Waals surface area contributed by atoms with E-state index >= 15 is 0 Å². The van der Waals surface area contributed by atoms with Crippen LogP contribution in [0.2, 0.25) is 0 Å². The summed E-state index contributed by atoms with van der Waals surface area (Å²) in [5.74, 6) is 0. The minimum Gasteiger partial charge on any atom is -0.0687 e. The standard InChI is InChI=1S/C30H23BOP/c32-33(28-16-8-3-9-17-28)30-19-11-10-18-29(30)24-20-22-27(23-21-24)31(25-12-4-1-5-13-25)26-14-6-2-7-15-26/h1-23H/q+1. The third-order valence-corrected chi connectivity index (χ3v) is 7.53. The number of rotatable bonds is 6.